The lowest BCUT2D eigenvalue weighted by atomic mass is 9.96. The monoisotopic (exact) mass is 251 g/mol. The summed E-state index contributed by atoms with van der Waals surface area (Å²) in [6.45, 7) is 0.595. The van der Waals surface area contributed by atoms with Gasteiger partial charge in [-0.2, -0.15) is 0 Å². The average molecular weight is 251 g/mol. The Balaban J connectivity index is 1.92. The van der Waals surface area contributed by atoms with Gasteiger partial charge in [0.1, 0.15) is 0 Å². The van der Waals surface area contributed by atoms with Crippen molar-refractivity contribution in [2.75, 3.05) is 13.2 Å². The summed E-state index contributed by atoms with van der Waals surface area (Å²) >= 11 is 0. The molecule has 3 heteroatoms. The Bertz CT molecular complexity index is 306. The minimum Gasteiger partial charge on any atom is -0.395 e. The highest BCUT2D eigenvalue weighted by Gasteiger charge is 2.26. The van der Waals surface area contributed by atoms with Crippen LogP contribution in [0.3, 0.4) is 0 Å². The first-order valence-electron chi connectivity index (χ1n) is 7.39. The van der Waals surface area contributed by atoms with Gasteiger partial charge in [0.05, 0.1) is 6.61 Å². The van der Waals surface area contributed by atoms with Crippen molar-refractivity contribution in [1.29, 1.82) is 0 Å². The topological polar surface area (TPSA) is 40.5 Å². The molecule has 1 saturated carbocycles. The summed E-state index contributed by atoms with van der Waals surface area (Å²) in [6, 6.07) is 0.383. The van der Waals surface area contributed by atoms with Crippen molar-refractivity contribution >= 4 is 5.91 Å². The maximum absolute atomic E-state index is 12.4. The summed E-state index contributed by atoms with van der Waals surface area (Å²) in [4.78, 5) is 14.3. The highest BCUT2D eigenvalue weighted by atomic mass is 16.3. The zero-order valence-corrected chi connectivity index (χ0v) is 11.2. The molecule has 0 radical (unpaired) electrons. The second kappa shape index (κ2) is 6.93. The molecule has 0 atom stereocenters. The number of carbonyl (C=O) groups excluding carboxylic acids is 1. The van der Waals surface area contributed by atoms with E-state index in [4.69, 9.17) is 5.11 Å². The molecule has 0 aromatic rings. The first-order chi connectivity index (χ1) is 8.81. The van der Waals surface area contributed by atoms with Crippen molar-refractivity contribution in [1.82, 2.24) is 4.90 Å². The summed E-state index contributed by atoms with van der Waals surface area (Å²) in [7, 11) is 0. The Hall–Kier alpha value is -0.830. The van der Waals surface area contributed by atoms with Gasteiger partial charge in [-0.05, 0) is 38.5 Å². The zero-order chi connectivity index (χ0) is 12.8. The average Bonchev–Trinajstić information content (AvgIpc) is 2.90. The number of carbonyl (C=O) groups is 1. The molecule has 2 aliphatic rings. The molecular weight excluding hydrogens is 226 g/mol. The van der Waals surface area contributed by atoms with E-state index >= 15 is 0 Å². The van der Waals surface area contributed by atoms with Gasteiger partial charge in [0.25, 0.3) is 0 Å². The Morgan fingerprint density at radius 3 is 2.67 bits per heavy atom. The number of rotatable bonds is 5. The Morgan fingerprint density at radius 1 is 1.28 bits per heavy atom. The molecule has 18 heavy (non-hydrogen) atoms. The van der Waals surface area contributed by atoms with Crippen LogP contribution < -0.4 is 0 Å². The van der Waals surface area contributed by atoms with E-state index in [-0.39, 0.29) is 12.5 Å². The van der Waals surface area contributed by atoms with Crippen LogP contribution in [0.1, 0.15) is 57.8 Å². The third-order valence-electron chi connectivity index (χ3n) is 4.19. The summed E-state index contributed by atoms with van der Waals surface area (Å²) in [5.74, 6) is 0.226. The number of amides is 1. The zero-order valence-electron chi connectivity index (χ0n) is 11.2. The molecule has 102 valence electrons. The van der Waals surface area contributed by atoms with Gasteiger partial charge in [-0.25, -0.2) is 0 Å². The number of aliphatic hydroxyl groups excluding tert-OH is 1. The first kappa shape index (κ1) is 13.6. The van der Waals surface area contributed by atoms with Crippen molar-refractivity contribution in [3.8, 4) is 0 Å². The van der Waals surface area contributed by atoms with Crippen LogP contribution in [0.2, 0.25) is 0 Å². The fourth-order valence-electron chi connectivity index (χ4n) is 3.20. The van der Waals surface area contributed by atoms with Gasteiger partial charge in [-0.15, -0.1) is 0 Å². The van der Waals surface area contributed by atoms with Crippen LogP contribution in [0.4, 0.5) is 0 Å². The summed E-state index contributed by atoms with van der Waals surface area (Å²) in [6.07, 6.45) is 12.2. The SMILES string of the molecule is O=C(CC1=CCCCC1)N(CCO)C1CCCC1. The first-order valence-corrected chi connectivity index (χ1v) is 7.39. The van der Waals surface area contributed by atoms with Crippen LogP contribution in [0.25, 0.3) is 0 Å². The molecule has 0 aromatic carbocycles. The second-order valence-corrected chi connectivity index (χ2v) is 5.53. The fraction of sp³-hybridized carbons (Fsp3) is 0.800. The molecule has 0 unspecified atom stereocenters. The van der Waals surface area contributed by atoms with Crippen LogP contribution in [0.15, 0.2) is 11.6 Å². The van der Waals surface area contributed by atoms with Crippen molar-refractivity contribution in [2.24, 2.45) is 0 Å². The van der Waals surface area contributed by atoms with Gasteiger partial charge in [-0.1, -0.05) is 24.5 Å². The molecule has 0 bridgehead atoms. The number of nitrogens with zero attached hydrogens (tertiary/aromatic N) is 1. The number of aliphatic hydroxyl groups is 1. The molecule has 0 heterocycles. The van der Waals surface area contributed by atoms with Crippen molar-refractivity contribution < 1.29 is 9.90 Å². The van der Waals surface area contributed by atoms with E-state index in [0.717, 1.165) is 25.7 Å². The molecule has 0 aliphatic heterocycles. The quantitative estimate of drug-likeness (QED) is 0.763. The van der Waals surface area contributed by atoms with E-state index in [2.05, 4.69) is 6.08 Å². The molecule has 0 aromatic heterocycles. The van der Waals surface area contributed by atoms with Crippen LogP contribution in [-0.2, 0) is 4.79 Å². The van der Waals surface area contributed by atoms with Gasteiger partial charge < -0.3 is 10.0 Å². The third-order valence-corrected chi connectivity index (χ3v) is 4.19. The van der Waals surface area contributed by atoms with E-state index in [1.54, 1.807) is 0 Å². The standard InChI is InChI=1S/C15H25NO2/c17-11-10-16(14-8-4-5-9-14)15(18)12-13-6-2-1-3-7-13/h6,14,17H,1-5,7-12H2. The minimum absolute atomic E-state index is 0.0846. The number of allylic oxidation sites excluding steroid dienone is 1. The molecular formula is C15H25NO2. The molecule has 1 amide bonds. The third kappa shape index (κ3) is 3.58. The molecule has 1 N–H and O–H groups in total. The van der Waals surface area contributed by atoms with Crippen LogP contribution in [0, 0.1) is 0 Å². The van der Waals surface area contributed by atoms with E-state index in [1.165, 1.54) is 31.3 Å². The van der Waals surface area contributed by atoms with Crippen molar-refractivity contribution in [3.05, 3.63) is 11.6 Å². The Morgan fingerprint density at radius 2 is 2.06 bits per heavy atom. The maximum atomic E-state index is 12.4. The Labute approximate surface area is 110 Å². The smallest absolute Gasteiger partial charge is 0.226 e. The fourth-order valence-corrected chi connectivity index (χ4v) is 3.20. The predicted octanol–water partition coefficient (Wildman–Crippen LogP) is 2.64. The maximum Gasteiger partial charge on any atom is 0.226 e. The lowest BCUT2D eigenvalue weighted by Crippen LogP contribution is -2.40. The van der Waals surface area contributed by atoms with Gasteiger partial charge in [-0.3, -0.25) is 4.79 Å². The summed E-state index contributed by atoms with van der Waals surface area (Å²) in [5.41, 5.74) is 1.31. The minimum atomic E-state index is 0.0846. The van der Waals surface area contributed by atoms with E-state index < -0.39 is 0 Å². The van der Waals surface area contributed by atoms with Gasteiger partial charge in [0.2, 0.25) is 5.91 Å². The van der Waals surface area contributed by atoms with Gasteiger partial charge in [0, 0.05) is 19.0 Å². The van der Waals surface area contributed by atoms with Crippen LogP contribution >= 0.6 is 0 Å². The van der Waals surface area contributed by atoms with E-state index in [1.807, 2.05) is 4.90 Å². The molecule has 0 saturated heterocycles. The Kier molecular flexibility index (Phi) is 5.24. The molecule has 1 fully saturated rings. The van der Waals surface area contributed by atoms with E-state index in [0.29, 0.717) is 19.0 Å². The van der Waals surface area contributed by atoms with Crippen LogP contribution in [-0.4, -0.2) is 35.1 Å². The van der Waals surface area contributed by atoms with Gasteiger partial charge in [0.15, 0.2) is 0 Å². The second-order valence-electron chi connectivity index (χ2n) is 5.53. The highest BCUT2D eigenvalue weighted by molar-refractivity contribution is 5.79. The normalized spacial score (nSPS) is 20.8. The van der Waals surface area contributed by atoms with Gasteiger partial charge >= 0.3 is 0 Å². The number of hydrogen-bond acceptors (Lipinski definition) is 2. The number of hydrogen-bond donors (Lipinski definition) is 1. The largest absolute Gasteiger partial charge is 0.395 e. The van der Waals surface area contributed by atoms with Crippen molar-refractivity contribution in [3.63, 3.8) is 0 Å². The predicted molar refractivity (Wildman–Crippen MR) is 72.2 cm³/mol. The molecule has 3 nitrogen and oxygen atoms in total. The van der Waals surface area contributed by atoms with Crippen LogP contribution in [0.5, 0.6) is 0 Å². The lowest BCUT2D eigenvalue weighted by molar-refractivity contribution is -0.133. The molecule has 2 aliphatic carbocycles. The summed E-state index contributed by atoms with van der Waals surface area (Å²) < 4.78 is 0. The molecule has 2 rings (SSSR count). The highest BCUT2D eigenvalue weighted by Crippen LogP contribution is 2.26. The summed E-state index contributed by atoms with van der Waals surface area (Å²) in [5, 5.41) is 9.14. The van der Waals surface area contributed by atoms with Crippen molar-refractivity contribution in [2.45, 2.75) is 63.8 Å². The van der Waals surface area contributed by atoms with E-state index in [9.17, 15) is 4.79 Å². The molecule has 0 spiro atoms. The lowest BCUT2D eigenvalue weighted by Gasteiger charge is -2.29.